The van der Waals surface area contributed by atoms with E-state index in [-0.39, 0.29) is 6.42 Å². The van der Waals surface area contributed by atoms with Gasteiger partial charge >= 0.3 is 5.97 Å². The molecule has 2 rings (SSSR count). The molecule has 0 radical (unpaired) electrons. The van der Waals surface area contributed by atoms with Gasteiger partial charge in [0, 0.05) is 43.3 Å². The van der Waals surface area contributed by atoms with Gasteiger partial charge in [-0.15, -0.1) is 0 Å². The number of rotatable bonds is 5. The molecular weight excluding hydrogens is 264 g/mol. The van der Waals surface area contributed by atoms with Crippen molar-refractivity contribution < 1.29 is 9.90 Å². The summed E-state index contributed by atoms with van der Waals surface area (Å²) in [5.74, 6) is -0.709. The number of hydrogen-bond donors (Lipinski definition) is 1. The van der Waals surface area contributed by atoms with Gasteiger partial charge < -0.3 is 10.0 Å². The molecule has 0 bridgehead atoms. The van der Waals surface area contributed by atoms with Crippen LogP contribution < -0.4 is 4.90 Å². The first-order chi connectivity index (χ1) is 9.15. The van der Waals surface area contributed by atoms with Crippen LogP contribution >= 0.6 is 11.6 Å². The number of carbonyl (C=O) groups is 1. The van der Waals surface area contributed by atoms with Crippen molar-refractivity contribution in [2.45, 2.75) is 12.8 Å². The first kappa shape index (κ1) is 14.2. The normalized spacial score (nSPS) is 16.6. The Labute approximate surface area is 118 Å². The largest absolute Gasteiger partial charge is 0.481 e. The molecule has 0 spiro atoms. The van der Waals surface area contributed by atoms with E-state index in [9.17, 15) is 4.79 Å². The summed E-state index contributed by atoms with van der Waals surface area (Å²) in [6, 6.07) is 7.91. The molecule has 0 unspecified atom stereocenters. The van der Waals surface area contributed by atoms with Crippen LogP contribution in [-0.4, -0.2) is 48.7 Å². The van der Waals surface area contributed by atoms with Gasteiger partial charge in [0.05, 0.1) is 0 Å². The lowest BCUT2D eigenvalue weighted by atomic mass is 10.2. The summed E-state index contributed by atoms with van der Waals surface area (Å²) in [5.41, 5.74) is 1.20. The third kappa shape index (κ3) is 4.40. The lowest BCUT2D eigenvalue weighted by Crippen LogP contribution is -2.46. The van der Waals surface area contributed by atoms with Crippen molar-refractivity contribution in [1.29, 1.82) is 0 Å². The summed E-state index contributed by atoms with van der Waals surface area (Å²) < 4.78 is 0. The van der Waals surface area contributed by atoms with Crippen LogP contribution in [0.2, 0.25) is 5.02 Å². The van der Waals surface area contributed by atoms with E-state index in [0.29, 0.717) is 0 Å². The molecule has 0 aromatic heterocycles. The molecule has 0 aliphatic carbocycles. The Morgan fingerprint density at radius 1 is 1.16 bits per heavy atom. The van der Waals surface area contributed by atoms with Crippen molar-refractivity contribution in [2.75, 3.05) is 37.6 Å². The fraction of sp³-hybridized carbons (Fsp3) is 0.500. The van der Waals surface area contributed by atoms with Gasteiger partial charge in [0.1, 0.15) is 0 Å². The van der Waals surface area contributed by atoms with E-state index < -0.39 is 5.97 Å². The van der Waals surface area contributed by atoms with Crippen molar-refractivity contribution in [3.05, 3.63) is 29.3 Å². The molecule has 1 aromatic carbocycles. The van der Waals surface area contributed by atoms with Crippen LogP contribution in [0.5, 0.6) is 0 Å². The minimum absolute atomic E-state index is 0.261. The number of carboxylic acid groups (broad SMARTS) is 1. The van der Waals surface area contributed by atoms with E-state index in [1.165, 1.54) is 5.69 Å². The Hall–Kier alpha value is -1.26. The fourth-order valence-corrected chi connectivity index (χ4v) is 2.46. The van der Waals surface area contributed by atoms with E-state index in [1.54, 1.807) is 0 Å². The maximum Gasteiger partial charge on any atom is 0.303 e. The van der Waals surface area contributed by atoms with Crippen LogP contribution in [0.3, 0.4) is 0 Å². The Morgan fingerprint density at radius 3 is 2.37 bits per heavy atom. The lowest BCUT2D eigenvalue weighted by Gasteiger charge is -2.36. The lowest BCUT2D eigenvalue weighted by molar-refractivity contribution is -0.137. The van der Waals surface area contributed by atoms with E-state index in [1.807, 2.05) is 24.3 Å². The smallest absolute Gasteiger partial charge is 0.303 e. The first-order valence-corrected chi connectivity index (χ1v) is 6.97. The molecule has 0 saturated carbocycles. The number of halogens is 1. The minimum Gasteiger partial charge on any atom is -0.481 e. The molecule has 4 nitrogen and oxygen atoms in total. The molecule has 1 saturated heterocycles. The average molecular weight is 283 g/mol. The number of nitrogens with zero attached hydrogens (tertiary/aromatic N) is 2. The summed E-state index contributed by atoms with van der Waals surface area (Å²) in [5, 5.41) is 9.38. The zero-order valence-corrected chi connectivity index (χ0v) is 11.6. The Balaban J connectivity index is 1.76. The predicted molar refractivity (Wildman–Crippen MR) is 77.0 cm³/mol. The Kier molecular flexibility index (Phi) is 5.05. The van der Waals surface area contributed by atoms with Gasteiger partial charge in [-0.3, -0.25) is 9.69 Å². The number of carboxylic acids is 1. The van der Waals surface area contributed by atoms with Crippen LogP contribution in [0, 0.1) is 0 Å². The molecule has 1 N–H and O–H groups in total. The minimum atomic E-state index is -0.709. The van der Waals surface area contributed by atoms with Crippen LogP contribution in [0.4, 0.5) is 5.69 Å². The van der Waals surface area contributed by atoms with Crippen LogP contribution in [0.1, 0.15) is 12.8 Å². The second-order valence-corrected chi connectivity index (χ2v) is 5.24. The molecule has 5 heteroatoms. The van der Waals surface area contributed by atoms with Crippen LogP contribution in [0.25, 0.3) is 0 Å². The highest BCUT2D eigenvalue weighted by molar-refractivity contribution is 6.30. The van der Waals surface area contributed by atoms with Crippen molar-refractivity contribution >= 4 is 23.3 Å². The van der Waals surface area contributed by atoms with Gasteiger partial charge in [-0.1, -0.05) is 11.6 Å². The van der Waals surface area contributed by atoms with E-state index in [0.717, 1.165) is 44.2 Å². The maximum atomic E-state index is 10.5. The van der Waals surface area contributed by atoms with Crippen molar-refractivity contribution in [3.8, 4) is 0 Å². The second kappa shape index (κ2) is 6.78. The molecular formula is C14H19ClN2O2. The van der Waals surface area contributed by atoms with Crippen molar-refractivity contribution in [2.24, 2.45) is 0 Å². The van der Waals surface area contributed by atoms with Gasteiger partial charge in [0.15, 0.2) is 0 Å². The number of hydrogen-bond acceptors (Lipinski definition) is 3. The Morgan fingerprint density at radius 2 is 1.79 bits per heavy atom. The molecule has 1 heterocycles. The highest BCUT2D eigenvalue weighted by atomic mass is 35.5. The first-order valence-electron chi connectivity index (χ1n) is 6.60. The monoisotopic (exact) mass is 282 g/mol. The molecule has 19 heavy (non-hydrogen) atoms. The molecule has 1 aliphatic rings. The quantitative estimate of drug-likeness (QED) is 0.900. The van der Waals surface area contributed by atoms with Gasteiger partial charge in [0.2, 0.25) is 0 Å². The van der Waals surface area contributed by atoms with Crippen LogP contribution in [0.15, 0.2) is 24.3 Å². The topological polar surface area (TPSA) is 43.8 Å². The van der Waals surface area contributed by atoms with E-state index in [2.05, 4.69) is 9.80 Å². The standard InChI is InChI=1S/C14H19ClN2O2/c15-12-3-5-13(6-4-12)17-10-8-16(9-11-17)7-1-2-14(18)19/h3-6H,1-2,7-11H2,(H,18,19). The molecule has 104 valence electrons. The van der Waals surface area contributed by atoms with E-state index in [4.69, 9.17) is 16.7 Å². The van der Waals surface area contributed by atoms with Crippen molar-refractivity contribution in [1.82, 2.24) is 4.90 Å². The number of piperazine rings is 1. The summed E-state index contributed by atoms with van der Waals surface area (Å²) in [4.78, 5) is 15.1. The van der Waals surface area contributed by atoms with Gasteiger partial charge in [-0.2, -0.15) is 0 Å². The third-order valence-electron chi connectivity index (χ3n) is 3.43. The summed E-state index contributed by atoms with van der Waals surface area (Å²) in [7, 11) is 0. The van der Waals surface area contributed by atoms with Gasteiger partial charge in [-0.25, -0.2) is 0 Å². The van der Waals surface area contributed by atoms with Gasteiger partial charge in [-0.05, 0) is 37.2 Å². The van der Waals surface area contributed by atoms with E-state index >= 15 is 0 Å². The molecule has 0 amide bonds. The highest BCUT2D eigenvalue weighted by Crippen LogP contribution is 2.19. The summed E-state index contributed by atoms with van der Waals surface area (Å²) in [6.45, 7) is 4.81. The number of benzene rings is 1. The third-order valence-corrected chi connectivity index (χ3v) is 3.68. The Bertz CT molecular complexity index is 414. The molecule has 1 fully saturated rings. The van der Waals surface area contributed by atoms with Crippen LogP contribution in [-0.2, 0) is 4.79 Å². The van der Waals surface area contributed by atoms with Gasteiger partial charge in [0.25, 0.3) is 0 Å². The SMILES string of the molecule is O=C(O)CCCN1CCN(c2ccc(Cl)cc2)CC1. The molecule has 0 atom stereocenters. The second-order valence-electron chi connectivity index (χ2n) is 4.80. The number of aliphatic carboxylic acids is 1. The number of anilines is 1. The molecule has 1 aliphatic heterocycles. The summed E-state index contributed by atoms with van der Waals surface area (Å²) >= 11 is 5.88. The summed E-state index contributed by atoms with van der Waals surface area (Å²) in [6.07, 6.45) is 0.994. The highest BCUT2D eigenvalue weighted by Gasteiger charge is 2.16. The average Bonchev–Trinajstić information content (AvgIpc) is 2.40. The van der Waals surface area contributed by atoms with Crippen molar-refractivity contribution in [3.63, 3.8) is 0 Å². The zero-order valence-electron chi connectivity index (χ0n) is 10.9. The maximum absolute atomic E-state index is 10.5. The zero-order chi connectivity index (χ0) is 13.7. The fourth-order valence-electron chi connectivity index (χ4n) is 2.34. The predicted octanol–water partition coefficient (Wildman–Crippen LogP) is 2.33. The molecule has 1 aromatic rings.